The van der Waals surface area contributed by atoms with E-state index in [2.05, 4.69) is 69.3 Å². The predicted octanol–water partition coefficient (Wildman–Crippen LogP) is 2.47. The van der Waals surface area contributed by atoms with Crippen LogP contribution in [0.4, 0.5) is 0 Å². The van der Waals surface area contributed by atoms with Gasteiger partial charge in [0.2, 0.25) is 0 Å². The summed E-state index contributed by atoms with van der Waals surface area (Å²) in [6, 6.07) is 9.27. The van der Waals surface area contributed by atoms with Crippen molar-refractivity contribution in [3.63, 3.8) is 0 Å². The third kappa shape index (κ3) is 3.55. The van der Waals surface area contributed by atoms with Crippen molar-refractivity contribution in [1.82, 2.24) is 10.2 Å². The Kier molecular flexibility index (Phi) is 4.72. The maximum absolute atomic E-state index is 3.45. The average Bonchev–Trinajstić information content (AvgIpc) is 2.27. The highest BCUT2D eigenvalue weighted by Gasteiger charge is 2.30. The van der Waals surface area contributed by atoms with Gasteiger partial charge in [-0.25, -0.2) is 0 Å². The third-order valence-corrected chi connectivity index (χ3v) is 3.91. The molecule has 1 aromatic rings. The Morgan fingerprint density at radius 3 is 2.12 bits per heavy atom. The Morgan fingerprint density at radius 2 is 1.71 bits per heavy atom. The minimum Gasteiger partial charge on any atom is -0.315 e. The number of rotatable bonds is 5. The molecule has 96 valence electrons. The molecule has 0 aliphatic rings. The molecule has 0 heterocycles. The lowest BCUT2D eigenvalue weighted by atomic mass is 9.88. The topological polar surface area (TPSA) is 15.3 Å². The number of benzene rings is 1. The van der Waals surface area contributed by atoms with E-state index in [0.717, 1.165) is 6.42 Å². The fourth-order valence-electron chi connectivity index (χ4n) is 1.98. The molecule has 0 aliphatic carbocycles. The standard InChI is InChI=1S/C15H26N2/c1-12-7-9-13(10-8-12)11-14(16-4)15(2,3)17(5)6/h7-10,14,16H,11H2,1-6H3. The number of aryl methyl sites for hydroxylation is 1. The van der Waals surface area contributed by atoms with Gasteiger partial charge in [-0.2, -0.15) is 0 Å². The van der Waals surface area contributed by atoms with Gasteiger partial charge in [0, 0.05) is 11.6 Å². The molecule has 0 fully saturated rings. The first-order valence-electron chi connectivity index (χ1n) is 6.28. The van der Waals surface area contributed by atoms with Gasteiger partial charge in [-0.3, -0.25) is 0 Å². The Balaban J connectivity index is 2.80. The van der Waals surface area contributed by atoms with Crippen molar-refractivity contribution in [3.05, 3.63) is 35.4 Å². The van der Waals surface area contributed by atoms with Crippen LogP contribution in [0, 0.1) is 6.92 Å². The molecular formula is C15H26N2. The minimum atomic E-state index is 0.139. The Bertz CT molecular complexity index is 338. The predicted molar refractivity (Wildman–Crippen MR) is 75.5 cm³/mol. The molecule has 1 N–H and O–H groups in total. The zero-order chi connectivity index (χ0) is 13.1. The van der Waals surface area contributed by atoms with Crippen molar-refractivity contribution in [2.75, 3.05) is 21.1 Å². The Morgan fingerprint density at radius 1 is 1.18 bits per heavy atom. The molecule has 1 aromatic carbocycles. The number of nitrogens with one attached hydrogen (secondary N) is 1. The molecule has 0 spiro atoms. The summed E-state index contributed by atoms with van der Waals surface area (Å²) >= 11 is 0. The van der Waals surface area contributed by atoms with Gasteiger partial charge in [-0.1, -0.05) is 29.8 Å². The normalized spacial score (nSPS) is 14.1. The summed E-state index contributed by atoms with van der Waals surface area (Å²) in [4.78, 5) is 2.28. The van der Waals surface area contributed by atoms with Gasteiger partial charge in [0.05, 0.1) is 0 Å². The third-order valence-electron chi connectivity index (χ3n) is 3.91. The molecule has 17 heavy (non-hydrogen) atoms. The van der Waals surface area contributed by atoms with Crippen LogP contribution in [0.1, 0.15) is 25.0 Å². The fourth-order valence-corrected chi connectivity index (χ4v) is 1.98. The fraction of sp³-hybridized carbons (Fsp3) is 0.600. The smallest absolute Gasteiger partial charge is 0.0303 e. The van der Waals surface area contributed by atoms with Gasteiger partial charge in [0.25, 0.3) is 0 Å². The Hall–Kier alpha value is -0.860. The van der Waals surface area contributed by atoms with Crippen LogP contribution in [-0.2, 0) is 6.42 Å². The summed E-state index contributed by atoms with van der Waals surface area (Å²) in [7, 11) is 6.32. The quantitative estimate of drug-likeness (QED) is 0.842. The molecular weight excluding hydrogens is 208 g/mol. The van der Waals surface area contributed by atoms with E-state index in [1.54, 1.807) is 0 Å². The first-order valence-corrected chi connectivity index (χ1v) is 6.28. The van der Waals surface area contributed by atoms with Crippen LogP contribution < -0.4 is 5.32 Å². The minimum absolute atomic E-state index is 0.139. The first kappa shape index (κ1) is 14.2. The van der Waals surface area contributed by atoms with Crippen LogP contribution in [0.3, 0.4) is 0 Å². The molecule has 1 atom stereocenters. The van der Waals surface area contributed by atoms with E-state index in [4.69, 9.17) is 0 Å². The summed E-state index contributed by atoms with van der Waals surface area (Å²) in [5.41, 5.74) is 2.85. The zero-order valence-corrected chi connectivity index (χ0v) is 12.0. The lowest BCUT2D eigenvalue weighted by Gasteiger charge is -2.40. The van der Waals surface area contributed by atoms with Crippen molar-refractivity contribution in [1.29, 1.82) is 0 Å². The van der Waals surface area contributed by atoms with Gasteiger partial charge < -0.3 is 10.2 Å². The highest BCUT2D eigenvalue weighted by atomic mass is 15.2. The average molecular weight is 234 g/mol. The lowest BCUT2D eigenvalue weighted by Crippen LogP contribution is -2.55. The molecule has 0 saturated carbocycles. The maximum Gasteiger partial charge on any atom is 0.0303 e. The van der Waals surface area contributed by atoms with Gasteiger partial charge in [0.1, 0.15) is 0 Å². The molecule has 2 nitrogen and oxygen atoms in total. The van der Waals surface area contributed by atoms with E-state index in [0.29, 0.717) is 6.04 Å². The van der Waals surface area contributed by atoms with E-state index in [-0.39, 0.29) is 5.54 Å². The second kappa shape index (κ2) is 5.65. The summed E-state index contributed by atoms with van der Waals surface area (Å²) in [5, 5.41) is 3.45. The van der Waals surface area contributed by atoms with Crippen LogP contribution in [-0.4, -0.2) is 37.6 Å². The molecule has 1 unspecified atom stereocenters. The van der Waals surface area contributed by atoms with Crippen LogP contribution in [0.2, 0.25) is 0 Å². The van der Waals surface area contributed by atoms with Crippen LogP contribution >= 0.6 is 0 Å². The van der Waals surface area contributed by atoms with E-state index in [9.17, 15) is 0 Å². The van der Waals surface area contributed by atoms with E-state index in [1.807, 2.05) is 7.05 Å². The SMILES string of the molecule is CNC(Cc1ccc(C)cc1)C(C)(C)N(C)C. The molecule has 0 radical (unpaired) electrons. The van der Waals surface area contributed by atoms with Crippen molar-refractivity contribution in [2.24, 2.45) is 0 Å². The molecule has 0 aromatic heterocycles. The molecule has 0 bridgehead atoms. The van der Waals surface area contributed by atoms with E-state index in [1.165, 1.54) is 11.1 Å². The molecule has 2 heteroatoms. The number of hydrogen-bond acceptors (Lipinski definition) is 2. The number of nitrogens with zero attached hydrogens (tertiary/aromatic N) is 1. The first-order chi connectivity index (χ1) is 7.87. The van der Waals surface area contributed by atoms with Crippen LogP contribution in [0.5, 0.6) is 0 Å². The van der Waals surface area contributed by atoms with Crippen molar-refractivity contribution >= 4 is 0 Å². The van der Waals surface area contributed by atoms with Crippen LogP contribution in [0.25, 0.3) is 0 Å². The van der Waals surface area contributed by atoms with Crippen molar-refractivity contribution < 1.29 is 0 Å². The monoisotopic (exact) mass is 234 g/mol. The highest BCUT2D eigenvalue weighted by molar-refractivity contribution is 5.22. The summed E-state index contributed by atoms with van der Waals surface area (Å²) in [5.74, 6) is 0. The molecule has 0 amide bonds. The second-order valence-electron chi connectivity index (χ2n) is 5.58. The van der Waals surface area contributed by atoms with Crippen molar-refractivity contribution in [2.45, 2.75) is 38.8 Å². The largest absolute Gasteiger partial charge is 0.315 e. The van der Waals surface area contributed by atoms with Crippen molar-refractivity contribution in [3.8, 4) is 0 Å². The van der Waals surface area contributed by atoms with Crippen LogP contribution in [0.15, 0.2) is 24.3 Å². The van der Waals surface area contributed by atoms with Gasteiger partial charge >= 0.3 is 0 Å². The van der Waals surface area contributed by atoms with Gasteiger partial charge in [-0.15, -0.1) is 0 Å². The summed E-state index contributed by atoms with van der Waals surface area (Å²) < 4.78 is 0. The van der Waals surface area contributed by atoms with Gasteiger partial charge in [0.15, 0.2) is 0 Å². The number of hydrogen-bond donors (Lipinski definition) is 1. The molecule has 0 saturated heterocycles. The van der Waals surface area contributed by atoms with Gasteiger partial charge in [-0.05, 0) is 53.9 Å². The lowest BCUT2D eigenvalue weighted by molar-refractivity contribution is 0.141. The highest BCUT2D eigenvalue weighted by Crippen LogP contribution is 2.19. The zero-order valence-electron chi connectivity index (χ0n) is 12.0. The second-order valence-corrected chi connectivity index (χ2v) is 5.58. The number of likely N-dealkylation sites (N-methyl/N-ethyl adjacent to an activating group) is 2. The summed E-state index contributed by atoms with van der Waals surface area (Å²) in [6.07, 6.45) is 1.06. The van der Waals surface area contributed by atoms with E-state index < -0.39 is 0 Å². The molecule has 0 aliphatic heterocycles. The maximum atomic E-state index is 3.45. The summed E-state index contributed by atoms with van der Waals surface area (Å²) in [6.45, 7) is 6.69. The van der Waals surface area contributed by atoms with E-state index >= 15 is 0 Å². The molecule has 1 rings (SSSR count). The Labute approximate surface area is 106 Å².